The summed E-state index contributed by atoms with van der Waals surface area (Å²) < 4.78 is 62.8. The standard InChI is InChI=1S/C17H14Cl2F3NO4S/c1-16(25,9-28(26,27)14-12(18)3-2-4-13(14)19)15(24)23-11-7-5-10(6-8-11)17(20,21)22/h2-8,25H,9H2,1H3,(H,23,24). The van der Waals surface area contributed by atoms with Gasteiger partial charge in [-0.2, -0.15) is 13.2 Å². The van der Waals surface area contributed by atoms with Crippen LogP contribution in [0.2, 0.25) is 10.0 Å². The van der Waals surface area contributed by atoms with Gasteiger partial charge in [-0.15, -0.1) is 0 Å². The van der Waals surface area contributed by atoms with Crippen molar-refractivity contribution < 1.29 is 31.5 Å². The normalized spacial score (nSPS) is 14.4. The summed E-state index contributed by atoms with van der Waals surface area (Å²) in [5, 5.41) is 12.2. The fraction of sp³-hybridized carbons (Fsp3) is 0.235. The van der Waals surface area contributed by atoms with Crippen molar-refractivity contribution in [2.75, 3.05) is 11.1 Å². The van der Waals surface area contributed by atoms with Gasteiger partial charge in [0.05, 0.1) is 21.4 Å². The van der Waals surface area contributed by atoms with E-state index in [-0.39, 0.29) is 15.7 Å². The number of nitrogens with one attached hydrogen (secondary N) is 1. The van der Waals surface area contributed by atoms with Gasteiger partial charge in [0, 0.05) is 5.69 Å². The van der Waals surface area contributed by atoms with E-state index in [0.29, 0.717) is 0 Å². The second kappa shape index (κ2) is 7.90. The SMILES string of the molecule is CC(O)(CS(=O)(=O)c1c(Cl)cccc1Cl)C(=O)Nc1ccc(C(F)(F)F)cc1. The number of hydrogen-bond donors (Lipinski definition) is 2. The average molecular weight is 456 g/mol. The van der Waals surface area contributed by atoms with E-state index in [1.807, 2.05) is 0 Å². The molecular formula is C17H14Cl2F3NO4S. The number of alkyl halides is 3. The molecule has 0 heterocycles. The summed E-state index contributed by atoms with van der Waals surface area (Å²) in [7, 11) is -4.27. The Bertz CT molecular complexity index is 970. The molecule has 0 saturated heterocycles. The maximum absolute atomic E-state index is 12.6. The van der Waals surface area contributed by atoms with Crippen LogP contribution < -0.4 is 5.32 Å². The van der Waals surface area contributed by atoms with E-state index in [1.165, 1.54) is 18.2 Å². The smallest absolute Gasteiger partial charge is 0.379 e. The highest BCUT2D eigenvalue weighted by Crippen LogP contribution is 2.32. The molecule has 1 amide bonds. The average Bonchev–Trinajstić information content (AvgIpc) is 2.53. The quantitative estimate of drug-likeness (QED) is 0.708. The molecule has 0 aliphatic rings. The predicted octanol–water partition coefficient (Wildman–Crippen LogP) is 4.18. The van der Waals surface area contributed by atoms with Gasteiger partial charge in [-0.3, -0.25) is 4.79 Å². The Morgan fingerprint density at radius 3 is 2.04 bits per heavy atom. The maximum Gasteiger partial charge on any atom is 0.416 e. The van der Waals surface area contributed by atoms with Crippen molar-refractivity contribution in [1.29, 1.82) is 0 Å². The van der Waals surface area contributed by atoms with Gasteiger partial charge in [0.2, 0.25) is 0 Å². The second-order valence-corrected chi connectivity index (χ2v) is 8.85. The van der Waals surface area contributed by atoms with Crippen LogP contribution in [-0.2, 0) is 20.8 Å². The third kappa shape index (κ3) is 5.16. The highest BCUT2D eigenvalue weighted by atomic mass is 35.5. The maximum atomic E-state index is 12.6. The predicted molar refractivity (Wildman–Crippen MR) is 99.2 cm³/mol. The third-order valence-corrected chi connectivity index (χ3v) is 6.52. The Labute approximate surface area is 169 Å². The Morgan fingerprint density at radius 2 is 1.57 bits per heavy atom. The molecule has 1 unspecified atom stereocenters. The van der Waals surface area contributed by atoms with Crippen molar-refractivity contribution in [3.05, 3.63) is 58.1 Å². The summed E-state index contributed by atoms with van der Waals surface area (Å²) in [6.07, 6.45) is -4.55. The van der Waals surface area contributed by atoms with Crippen molar-refractivity contribution in [1.82, 2.24) is 0 Å². The van der Waals surface area contributed by atoms with Crippen LogP contribution in [0.25, 0.3) is 0 Å². The van der Waals surface area contributed by atoms with E-state index in [4.69, 9.17) is 23.2 Å². The molecular weight excluding hydrogens is 442 g/mol. The fourth-order valence-corrected chi connectivity index (χ4v) is 5.14. The summed E-state index contributed by atoms with van der Waals surface area (Å²) in [5.74, 6) is -2.17. The van der Waals surface area contributed by atoms with Crippen molar-refractivity contribution in [2.24, 2.45) is 0 Å². The molecule has 0 bridgehead atoms. The van der Waals surface area contributed by atoms with Crippen molar-refractivity contribution in [2.45, 2.75) is 23.6 Å². The van der Waals surface area contributed by atoms with E-state index in [0.717, 1.165) is 31.2 Å². The zero-order valence-corrected chi connectivity index (χ0v) is 16.5. The molecule has 0 spiro atoms. The Balaban J connectivity index is 2.21. The summed E-state index contributed by atoms with van der Waals surface area (Å²) in [4.78, 5) is 11.9. The van der Waals surface area contributed by atoms with E-state index < -0.39 is 43.7 Å². The first-order valence-electron chi connectivity index (χ1n) is 7.62. The minimum atomic E-state index is -4.55. The van der Waals surface area contributed by atoms with E-state index in [9.17, 15) is 31.5 Å². The Hall–Kier alpha value is -1.81. The van der Waals surface area contributed by atoms with Crippen molar-refractivity contribution in [3.63, 3.8) is 0 Å². The Morgan fingerprint density at radius 1 is 1.07 bits per heavy atom. The van der Waals surface area contributed by atoms with Gasteiger partial charge in [-0.25, -0.2) is 8.42 Å². The zero-order valence-electron chi connectivity index (χ0n) is 14.2. The lowest BCUT2D eigenvalue weighted by Crippen LogP contribution is -2.45. The molecule has 2 aromatic carbocycles. The number of halogens is 5. The topological polar surface area (TPSA) is 83.5 Å². The van der Waals surface area contributed by atoms with Crippen LogP contribution in [0.15, 0.2) is 47.4 Å². The first-order chi connectivity index (χ1) is 12.7. The molecule has 0 aliphatic carbocycles. The molecule has 152 valence electrons. The number of benzene rings is 2. The van der Waals surface area contributed by atoms with E-state index >= 15 is 0 Å². The van der Waals surface area contributed by atoms with Gasteiger partial charge in [0.25, 0.3) is 5.91 Å². The Kier molecular flexibility index (Phi) is 6.34. The van der Waals surface area contributed by atoms with Crippen LogP contribution in [0.4, 0.5) is 18.9 Å². The first kappa shape index (κ1) is 22.5. The van der Waals surface area contributed by atoms with Crippen LogP contribution in [0.1, 0.15) is 12.5 Å². The molecule has 0 aliphatic heterocycles. The van der Waals surface area contributed by atoms with Gasteiger partial charge in [-0.05, 0) is 43.3 Å². The molecule has 2 N–H and O–H groups in total. The molecule has 2 aromatic rings. The van der Waals surface area contributed by atoms with Crippen LogP contribution >= 0.6 is 23.2 Å². The van der Waals surface area contributed by atoms with E-state index in [2.05, 4.69) is 5.32 Å². The molecule has 1 atom stereocenters. The minimum Gasteiger partial charge on any atom is -0.379 e. The number of aliphatic hydroxyl groups is 1. The molecule has 0 aromatic heterocycles. The number of hydrogen-bond acceptors (Lipinski definition) is 4. The monoisotopic (exact) mass is 455 g/mol. The summed E-state index contributed by atoms with van der Waals surface area (Å²) in [6.45, 7) is 0.953. The van der Waals surface area contributed by atoms with Crippen molar-refractivity contribution in [3.8, 4) is 0 Å². The van der Waals surface area contributed by atoms with Crippen molar-refractivity contribution >= 4 is 44.6 Å². The molecule has 0 saturated carbocycles. The number of amides is 1. The van der Waals surface area contributed by atoms with Crippen LogP contribution in [0, 0.1) is 0 Å². The number of anilines is 1. The largest absolute Gasteiger partial charge is 0.416 e. The highest BCUT2D eigenvalue weighted by molar-refractivity contribution is 7.91. The molecule has 28 heavy (non-hydrogen) atoms. The highest BCUT2D eigenvalue weighted by Gasteiger charge is 2.38. The lowest BCUT2D eigenvalue weighted by Gasteiger charge is -2.23. The van der Waals surface area contributed by atoms with Gasteiger partial charge < -0.3 is 10.4 Å². The molecule has 5 nitrogen and oxygen atoms in total. The van der Waals surface area contributed by atoms with Gasteiger partial charge in [0.15, 0.2) is 15.4 Å². The van der Waals surface area contributed by atoms with Crippen LogP contribution in [0.3, 0.4) is 0 Å². The molecule has 0 fully saturated rings. The van der Waals surface area contributed by atoms with Gasteiger partial charge in [-0.1, -0.05) is 29.3 Å². The molecule has 11 heteroatoms. The first-order valence-corrected chi connectivity index (χ1v) is 10.0. The number of rotatable bonds is 5. The van der Waals surface area contributed by atoms with Crippen LogP contribution in [-0.4, -0.2) is 30.8 Å². The number of carbonyl (C=O) groups is 1. The molecule has 0 radical (unpaired) electrons. The van der Waals surface area contributed by atoms with Gasteiger partial charge >= 0.3 is 6.18 Å². The minimum absolute atomic E-state index is 0.0496. The lowest BCUT2D eigenvalue weighted by molar-refractivity contribution is -0.137. The number of sulfone groups is 1. The zero-order chi connectivity index (χ0) is 21.3. The summed E-state index contributed by atoms with van der Waals surface area (Å²) >= 11 is 11.7. The summed E-state index contributed by atoms with van der Waals surface area (Å²) in [6, 6.07) is 7.45. The van der Waals surface area contributed by atoms with Gasteiger partial charge in [0.1, 0.15) is 4.90 Å². The second-order valence-electron chi connectivity index (χ2n) is 6.11. The lowest BCUT2D eigenvalue weighted by atomic mass is 10.1. The number of carbonyl (C=O) groups excluding carboxylic acids is 1. The van der Waals surface area contributed by atoms with Crippen LogP contribution in [0.5, 0.6) is 0 Å². The van der Waals surface area contributed by atoms with E-state index in [1.54, 1.807) is 0 Å². The summed E-state index contributed by atoms with van der Waals surface area (Å²) in [5.41, 5.74) is -3.39. The molecule has 2 rings (SSSR count). The third-order valence-electron chi connectivity index (χ3n) is 3.66. The fourth-order valence-electron chi connectivity index (χ4n) is 2.30.